The fourth-order valence-electron chi connectivity index (χ4n) is 3.58. The van der Waals surface area contributed by atoms with Gasteiger partial charge in [0.2, 0.25) is 5.82 Å². The molecule has 190 valence electrons. The summed E-state index contributed by atoms with van der Waals surface area (Å²) in [5.41, 5.74) is 7.90. The molecule has 4 rings (SSSR count). The van der Waals surface area contributed by atoms with Crippen molar-refractivity contribution >= 4 is 5.82 Å². The molecule has 3 aromatic heterocycles. The molecule has 0 fully saturated rings. The summed E-state index contributed by atoms with van der Waals surface area (Å²) in [4.78, 5) is 4.27. The Morgan fingerprint density at radius 2 is 1.97 bits per heavy atom. The number of rotatable bonds is 11. The zero-order valence-electron chi connectivity index (χ0n) is 20.4. The van der Waals surface area contributed by atoms with Crippen molar-refractivity contribution in [3.8, 4) is 34.0 Å². The summed E-state index contributed by atoms with van der Waals surface area (Å²) in [5, 5.41) is 18.9. The molecule has 0 bridgehead atoms. The van der Waals surface area contributed by atoms with Crippen molar-refractivity contribution in [1.82, 2.24) is 40.3 Å². The molecule has 3 heterocycles. The Labute approximate surface area is 207 Å². The quantitative estimate of drug-likeness (QED) is 0.302. The van der Waals surface area contributed by atoms with Gasteiger partial charge < -0.3 is 15.8 Å². The lowest BCUT2D eigenvalue weighted by molar-refractivity contribution is 0.289. The molecular formula is C24H29F2N9O. The fraction of sp³-hybridized carbons (Fsp3) is 0.375. The molecule has 4 aromatic rings. The molecule has 3 N–H and O–H groups in total. The van der Waals surface area contributed by atoms with Crippen LogP contribution in [-0.4, -0.2) is 55.2 Å². The van der Waals surface area contributed by atoms with Gasteiger partial charge in [0.1, 0.15) is 11.5 Å². The van der Waals surface area contributed by atoms with Crippen LogP contribution in [0.3, 0.4) is 0 Å². The minimum absolute atomic E-state index is 0.120. The Morgan fingerprint density at radius 1 is 1.14 bits per heavy atom. The molecular weight excluding hydrogens is 468 g/mol. The standard InChI is InChI=1S/C24H29F2N9O/c1-15(2)7-9-34-14-17(13-30-34)16-11-18(23(27)29-12-16)24-31-32-33-35(24)19-5-6-20(22(26)21(19)25)36-10-4-8-28-3/h5-6,11-15,28H,4,7-10H2,1-3H3,(H2,27,29). The van der Waals surface area contributed by atoms with Crippen LogP contribution in [0.2, 0.25) is 0 Å². The fourth-order valence-corrected chi connectivity index (χ4v) is 3.58. The number of benzene rings is 1. The lowest BCUT2D eigenvalue weighted by Crippen LogP contribution is -2.12. The van der Waals surface area contributed by atoms with Crippen LogP contribution >= 0.6 is 0 Å². The van der Waals surface area contributed by atoms with Crippen molar-refractivity contribution in [2.24, 2.45) is 5.92 Å². The molecule has 36 heavy (non-hydrogen) atoms. The molecule has 0 aliphatic carbocycles. The van der Waals surface area contributed by atoms with Crippen molar-refractivity contribution in [2.45, 2.75) is 33.2 Å². The summed E-state index contributed by atoms with van der Waals surface area (Å²) < 4.78 is 38.1. The number of hydrogen-bond acceptors (Lipinski definition) is 8. The average molecular weight is 498 g/mol. The first-order chi connectivity index (χ1) is 17.4. The second-order valence-corrected chi connectivity index (χ2v) is 8.76. The number of tetrazole rings is 1. The first kappa shape index (κ1) is 25.2. The minimum atomic E-state index is -1.14. The van der Waals surface area contributed by atoms with E-state index >= 15 is 4.39 Å². The van der Waals surface area contributed by atoms with Gasteiger partial charge in [-0.15, -0.1) is 5.10 Å². The van der Waals surface area contributed by atoms with Gasteiger partial charge in [-0.1, -0.05) is 13.8 Å². The Hall–Kier alpha value is -3.93. The van der Waals surface area contributed by atoms with E-state index in [1.807, 2.05) is 10.9 Å². The molecule has 0 saturated heterocycles. The third-order valence-electron chi connectivity index (χ3n) is 5.61. The number of aromatic nitrogens is 7. The molecule has 0 unspecified atom stereocenters. The molecule has 0 aliphatic heterocycles. The predicted molar refractivity (Wildman–Crippen MR) is 131 cm³/mol. The van der Waals surface area contributed by atoms with Crippen molar-refractivity contribution in [3.05, 3.63) is 48.4 Å². The van der Waals surface area contributed by atoms with Crippen molar-refractivity contribution < 1.29 is 13.5 Å². The van der Waals surface area contributed by atoms with Gasteiger partial charge in [-0.25, -0.2) is 9.37 Å². The van der Waals surface area contributed by atoms with Gasteiger partial charge in [-0.2, -0.15) is 14.2 Å². The summed E-state index contributed by atoms with van der Waals surface area (Å²) in [6.07, 6.45) is 6.94. The highest BCUT2D eigenvalue weighted by atomic mass is 19.2. The van der Waals surface area contributed by atoms with E-state index in [0.29, 0.717) is 24.4 Å². The Bertz CT molecular complexity index is 1320. The van der Waals surface area contributed by atoms with Gasteiger partial charge in [0.15, 0.2) is 17.4 Å². The number of anilines is 1. The molecule has 1 aromatic carbocycles. The zero-order chi connectivity index (χ0) is 25.7. The molecule has 10 nitrogen and oxygen atoms in total. The number of nitrogens with zero attached hydrogens (tertiary/aromatic N) is 7. The number of nitrogen functional groups attached to an aromatic ring is 1. The number of nitrogens with two attached hydrogens (primary N) is 1. The van der Waals surface area contributed by atoms with Crippen molar-refractivity contribution in [3.63, 3.8) is 0 Å². The van der Waals surface area contributed by atoms with E-state index in [2.05, 4.69) is 44.8 Å². The number of ether oxygens (including phenoxy) is 1. The summed E-state index contributed by atoms with van der Waals surface area (Å²) in [6.45, 7) is 6.06. The second kappa shape index (κ2) is 11.2. The van der Waals surface area contributed by atoms with Crippen LogP contribution in [0.4, 0.5) is 14.6 Å². The van der Waals surface area contributed by atoms with E-state index in [0.717, 1.165) is 28.8 Å². The van der Waals surface area contributed by atoms with Crippen LogP contribution in [0, 0.1) is 17.6 Å². The van der Waals surface area contributed by atoms with Gasteiger partial charge in [0.25, 0.3) is 0 Å². The van der Waals surface area contributed by atoms with E-state index in [4.69, 9.17) is 10.5 Å². The number of nitrogens with one attached hydrogen (secondary N) is 1. The topological polar surface area (TPSA) is 122 Å². The number of halogens is 2. The van der Waals surface area contributed by atoms with Crippen molar-refractivity contribution in [1.29, 1.82) is 0 Å². The van der Waals surface area contributed by atoms with Crippen LogP contribution in [0.15, 0.2) is 36.8 Å². The predicted octanol–water partition coefficient (Wildman–Crippen LogP) is 3.48. The summed E-state index contributed by atoms with van der Waals surface area (Å²) >= 11 is 0. The van der Waals surface area contributed by atoms with E-state index in [1.165, 1.54) is 12.1 Å². The summed E-state index contributed by atoms with van der Waals surface area (Å²) in [7, 11) is 1.80. The highest BCUT2D eigenvalue weighted by Gasteiger charge is 2.22. The lowest BCUT2D eigenvalue weighted by Gasteiger charge is -2.12. The normalized spacial score (nSPS) is 11.4. The molecule has 0 saturated carbocycles. The minimum Gasteiger partial charge on any atom is -0.490 e. The Morgan fingerprint density at radius 3 is 2.75 bits per heavy atom. The number of pyridine rings is 1. The summed E-state index contributed by atoms with van der Waals surface area (Å²) in [5.74, 6) is -1.61. The van der Waals surface area contributed by atoms with Crippen LogP contribution in [-0.2, 0) is 6.54 Å². The van der Waals surface area contributed by atoms with Crippen LogP contribution in [0.5, 0.6) is 5.75 Å². The van der Waals surface area contributed by atoms with E-state index < -0.39 is 11.6 Å². The van der Waals surface area contributed by atoms with E-state index in [9.17, 15) is 4.39 Å². The highest BCUT2D eigenvalue weighted by Crippen LogP contribution is 2.31. The smallest absolute Gasteiger partial charge is 0.202 e. The first-order valence-corrected chi connectivity index (χ1v) is 11.7. The van der Waals surface area contributed by atoms with Crippen LogP contribution in [0.25, 0.3) is 28.2 Å². The molecule has 0 aliphatic rings. The maximum Gasteiger partial charge on any atom is 0.202 e. The maximum atomic E-state index is 15.0. The Balaban J connectivity index is 1.63. The molecule has 0 spiro atoms. The number of hydrogen-bond donors (Lipinski definition) is 2. The van der Waals surface area contributed by atoms with Gasteiger partial charge in [-0.05, 0) is 61.0 Å². The Kier molecular flexibility index (Phi) is 7.84. The second-order valence-electron chi connectivity index (χ2n) is 8.76. The van der Waals surface area contributed by atoms with Crippen LogP contribution < -0.4 is 15.8 Å². The zero-order valence-corrected chi connectivity index (χ0v) is 20.4. The van der Waals surface area contributed by atoms with Crippen LogP contribution in [0.1, 0.15) is 26.7 Å². The molecule has 0 amide bonds. The van der Waals surface area contributed by atoms with Gasteiger partial charge in [0.05, 0.1) is 18.4 Å². The average Bonchev–Trinajstić information content (AvgIpc) is 3.53. The SMILES string of the molecule is CNCCCOc1ccc(-n2nnnc2-c2cc(-c3cnn(CCC(C)C)c3)cnc2N)c(F)c1F. The third kappa shape index (κ3) is 5.48. The third-order valence-corrected chi connectivity index (χ3v) is 5.61. The monoisotopic (exact) mass is 497 g/mol. The van der Waals surface area contributed by atoms with Crippen molar-refractivity contribution in [2.75, 3.05) is 25.9 Å². The molecule has 0 atom stereocenters. The van der Waals surface area contributed by atoms with Gasteiger partial charge >= 0.3 is 0 Å². The lowest BCUT2D eigenvalue weighted by atomic mass is 10.1. The largest absolute Gasteiger partial charge is 0.490 e. The van der Waals surface area contributed by atoms with E-state index in [1.54, 1.807) is 25.5 Å². The maximum absolute atomic E-state index is 15.0. The van der Waals surface area contributed by atoms with Gasteiger partial charge in [-0.3, -0.25) is 4.68 Å². The summed E-state index contributed by atoms with van der Waals surface area (Å²) in [6, 6.07) is 4.46. The van der Waals surface area contributed by atoms with E-state index in [-0.39, 0.29) is 29.7 Å². The molecule has 0 radical (unpaired) electrons. The highest BCUT2D eigenvalue weighted by molar-refractivity contribution is 5.76. The molecule has 12 heteroatoms. The number of aryl methyl sites for hydroxylation is 1. The first-order valence-electron chi connectivity index (χ1n) is 11.7. The van der Waals surface area contributed by atoms with Gasteiger partial charge in [0, 0.05) is 30.1 Å².